The van der Waals surface area contributed by atoms with Crippen molar-refractivity contribution in [1.29, 1.82) is 0 Å². The predicted octanol–water partition coefficient (Wildman–Crippen LogP) is 14.4. The Morgan fingerprint density at radius 3 is 1.50 bits per heavy atom. The van der Waals surface area contributed by atoms with Crippen LogP contribution in [0.5, 0.6) is 0 Å². The number of hydrogen-bond donors (Lipinski definition) is 0. The Morgan fingerprint density at radius 2 is 0.855 bits per heavy atom. The van der Waals surface area contributed by atoms with Gasteiger partial charge in [0.25, 0.3) is 0 Å². The van der Waals surface area contributed by atoms with Gasteiger partial charge in [-0.3, -0.25) is 0 Å². The minimum Gasteiger partial charge on any atom is -0.308 e. The van der Waals surface area contributed by atoms with E-state index in [4.69, 9.17) is 15.1 Å². The second kappa shape index (κ2) is 13.6. The van der Waals surface area contributed by atoms with Crippen LogP contribution >= 0.6 is 0 Å². The average Bonchev–Trinajstić information content (AvgIpc) is 4.03. The number of benzene rings is 8. The van der Waals surface area contributed by atoms with Crippen LogP contribution < -0.4 is 0 Å². The van der Waals surface area contributed by atoms with Gasteiger partial charge < -0.3 is 4.40 Å². The van der Waals surface area contributed by atoms with E-state index in [0.29, 0.717) is 5.82 Å². The van der Waals surface area contributed by atoms with E-state index < -0.39 is 0 Å². The number of rotatable bonds is 6. The van der Waals surface area contributed by atoms with Gasteiger partial charge in [-0.05, 0) is 47.3 Å². The van der Waals surface area contributed by atoms with Gasteiger partial charge in [0.15, 0.2) is 5.82 Å². The molecular formula is C57H35N5. The Hall–Kier alpha value is -8.41. The molecule has 0 radical (unpaired) electrons. The van der Waals surface area contributed by atoms with E-state index in [1.807, 2.05) is 18.2 Å². The summed E-state index contributed by atoms with van der Waals surface area (Å²) in [5.74, 6) is 0.688. The lowest BCUT2D eigenvalue weighted by Gasteiger charge is -2.11. The molecule has 13 rings (SSSR count). The first-order valence-corrected chi connectivity index (χ1v) is 21.0. The lowest BCUT2D eigenvalue weighted by molar-refractivity contribution is 0.979. The molecule has 0 fully saturated rings. The van der Waals surface area contributed by atoms with Crippen LogP contribution in [0.15, 0.2) is 212 Å². The van der Waals surface area contributed by atoms with Crippen molar-refractivity contribution >= 4 is 54.4 Å². The van der Waals surface area contributed by atoms with Crippen LogP contribution in [-0.2, 0) is 0 Å². The minimum atomic E-state index is 0.688. The van der Waals surface area contributed by atoms with Crippen molar-refractivity contribution in [2.45, 2.75) is 0 Å². The lowest BCUT2D eigenvalue weighted by atomic mass is 9.96. The lowest BCUT2D eigenvalue weighted by Crippen LogP contribution is -1.96. The maximum atomic E-state index is 5.46. The second-order valence-electron chi connectivity index (χ2n) is 16.0. The van der Waals surface area contributed by atoms with Gasteiger partial charge in [0, 0.05) is 60.3 Å². The molecule has 5 heteroatoms. The zero-order valence-electron chi connectivity index (χ0n) is 33.4. The van der Waals surface area contributed by atoms with Gasteiger partial charge in [-0.25, -0.2) is 14.5 Å². The van der Waals surface area contributed by atoms with Gasteiger partial charge in [-0.1, -0.05) is 176 Å². The van der Waals surface area contributed by atoms with Gasteiger partial charge in [-0.15, -0.1) is 0 Å². The standard InChI is InChI=1S/C57H35N5/c1-4-16-37(17-5-1)52-34-41-22-10-11-23-43(41)56-53(38-18-6-2-7-19-38)54(60-62(52)56)39-30-28-36(29-31-39)48-35-49(59-57(58-48)40-20-8-3-9-21-40)42-32-46-44-24-12-14-26-50(44)61-51-27-15-13-25-45(51)47(33-42)55(46)61/h1-35H. The van der Waals surface area contributed by atoms with Crippen molar-refractivity contribution in [3.8, 4) is 67.5 Å². The molecule has 0 atom stereocenters. The van der Waals surface area contributed by atoms with Crippen LogP contribution in [0.4, 0.5) is 0 Å². The minimum absolute atomic E-state index is 0.688. The normalized spacial score (nSPS) is 11.9. The first-order chi connectivity index (χ1) is 30.7. The molecule has 0 saturated carbocycles. The van der Waals surface area contributed by atoms with Crippen molar-refractivity contribution in [3.05, 3.63) is 212 Å². The summed E-state index contributed by atoms with van der Waals surface area (Å²) < 4.78 is 4.56. The van der Waals surface area contributed by atoms with Gasteiger partial charge in [0.1, 0.15) is 5.69 Å². The second-order valence-corrected chi connectivity index (χ2v) is 16.0. The largest absolute Gasteiger partial charge is 0.308 e. The van der Waals surface area contributed by atoms with Gasteiger partial charge in [0.05, 0.1) is 39.1 Å². The van der Waals surface area contributed by atoms with Crippen molar-refractivity contribution in [2.24, 2.45) is 0 Å². The summed E-state index contributed by atoms with van der Waals surface area (Å²) in [6, 6.07) is 75.3. The molecule has 62 heavy (non-hydrogen) atoms. The highest BCUT2D eigenvalue weighted by Crippen LogP contribution is 2.44. The smallest absolute Gasteiger partial charge is 0.160 e. The molecular weight excluding hydrogens is 755 g/mol. The van der Waals surface area contributed by atoms with Gasteiger partial charge >= 0.3 is 0 Å². The number of para-hydroxylation sites is 2. The molecule has 0 aliphatic heterocycles. The van der Waals surface area contributed by atoms with Gasteiger partial charge in [-0.2, -0.15) is 5.10 Å². The number of nitrogens with zero attached hydrogens (tertiary/aromatic N) is 5. The Balaban J connectivity index is 1.01. The number of fused-ring (bicyclic) bond motifs is 9. The maximum Gasteiger partial charge on any atom is 0.160 e. The molecule has 13 aromatic rings. The molecule has 5 nitrogen and oxygen atoms in total. The van der Waals surface area contributed by atoms with E-state index in [9.17, 15) is 0 Å². The maximum absolute atomic E-state index is 5.46. The predicted molar refractivity (Wildman–Crippen MR) is 256 cm³/mol. The molecule has 0 unspecified atom stereocenters. The number of hydrogen-bond acceptors (Lipinski definition) is 3. The third-order valence-corrected chi connectivity index (χ3v) is 12.5. The summed E-state index contributed by atoms with van der Waals surface area (Å²) >= 11 is 0. The first kappa shape index (κ1) is 34.5. The zero-order chi connectivity index (χ0) is 40.7. The topological polar surface area (TPSA) is 47.5 Å². The SMILES string of the molecule is c1ccc(-c2nc(-c3ccc(-c4nn5c(-c6ccccc6)cc6ccccc6c5c4-c4ccccc4)cc3)cc(-c3cc4c5ccccc5n5c6ccccc6c(c3)c45)n2)cc1. The summed E-state index contributed by atoms with van der Waals surface area (Å²) in [5.41, 5.74) is 15.9. The molecule has 0 aliphatic carbocycles. The highest BCUT2D eigenvalue weighted by atomic mass is 15.2. The number of pyridine rings is 1. The van der Waals surface area contributed by atoms with Crippen molar-refractivity contribution in [2.75, 3.05) is 0 Å². The quantitative estimate of drug-likeness (QED) is 0.169. The average molecular weight is 790 g/mol. The van der Waals surface area contributed by atoms with Crippen LogP contribution in [0.3, 0.4) is 0 Å². The molecule has 5 heterocycles. The third kappa shape index (κ3) is 5.25. The van der Waals surface area contributed by atoms with E-state index in [1.54, 1.807) is 0 Å². The van der Waals surface area contributed by atoms with E-state index in [1.165, 1.54) is 43.5 Å². The summed E-state index contributed by atoms with van der Waals surface area (Å²) in [6.45, 7) is 0. The molecule has 288 valence electrons. The zero-order valence-corrected chi connectivity index (χ0v) is 33.4. The fourth-order valence-electron chi connectivity index (χ4n) is 9.64. The van der Waals surface area contributed by atoms with Crippen LogP contribution in [0.25, 0.3) is 122 Å². The summed E-state index contributed by atoms with van der Waals surface area (Å²) in [4.78, 5) is 10.5. The molecule has 8 aromatic carbocycles. The van der Waals surface area contributed by atoms with Crippen LogP contribution in [0, 0.1) is 0 Å². The Morgan fingerprint density at radius 1 is 0.339 bits per heavy atom. The fraction of sp³-hybridized carbons (Fsp3) is 0. The van der Waals surface area contributed by atoms with Crippen molar-refractivity contribution in [3.63, 3.8) is 0 Å². The monoisotopic (exact) mass is 789 g/mol. The molecule has 0 aliphatic rings. The summed E-state index contributed by atoms with van der Waals surface area (Å²) in [7, 11) is 0. The van der Waals surface area contributed by atoms with Crippen molar-refractivity contribution in [1.82, 2.24) is 24.0 Å². The third-order valence-electron chi connectivity index (χ3n) is 12.5. The molecule has 0 saturated heterocycles. The van der Waals surface area contributed by atoms with E-state index >= 15 is 0 Å². The molecule has 0 N–H and O–H groups in total. The van der Waals surface area contributed by atoms with Crippen LogP contribution in [0.2, 0.25) is 0 Å². The van der Waals surface area contributed by atoms with Crippen LogP contribution in [0.1, 0.15) is 0 Å². The molecule has 0 bridgehead atoms. The molecule has 0 spiro atoms. The first-order valence-electron chi connectivity index (χ1n) is 21.0. The Kier molecular flexibility index (Phi) is 7.54. The fourth-order valence-corrected chi connectivity index (χ4v) is 9.64. The van der Waals surface area contributed by atoms with Crippen molar-refractivity contribution < 1.29 is 0 Å². The summed E-state index contributed by atoms with van der Waals surface area (Å²) in [6.07, 6.45) is 0. The Bertz CT molecular complexity index is 3750. The van der Waals surface area contributed by atoms with Crippen LogP contribution in [-0.4, -0.2) is 24.0 Å². The molecule has 5 aromatic heterocycles. The van der Waals surface area contributed by atoms with E-state index in [-0.39, 0.29) is 0 Å². The number of aromatic nitrogens is 5. The Labute approximate surface area is 356 Å². The van der Waals surface area contributed by atoms with E-state index in [2.05, 4.69) is 203 Å². The molecule has 0 amide bonds. The van der Waals surface area contributed by atoms with Gasteiger partial charge in [0.2, 0.25) is 0 Å². The summed E-state index contributed by atoms with van der Waals surface area (Å²) in [5, 5.41) is 12.7. The highest BCUT2D eigenvalue weighted by molar-refractivity contribution is 6.24. The highest BCUT2D eigenvalue weighted by Gasteiger charge is 2.23. The van der Waals surface area contributed by atoms with E-state index in [0.717, 1.165) is 72.6 Å².